The number of carbonyl (C=O) groups is 10. The summed E-state index contributed by atoms with van der Waals surface area (Å²) in [5, 5.41) is 25.7. The van der Waals surface area contributed by atoms with E-state index in [2.05, 4.69) is 53.2 Å². The quantitative estimate of drug-likeness (QED) is 0.0627. The second-order valence-electron chi connectivity index (χ2n) is 17.7. The Kier molecular flexibility index (Phi) is 24.7. The van der Waals surface area contributed by atoms with Crippen LogP contribution in [-0.4, -0.2) is 123 Å². The summed E-state index contributed by atoms with van der Waals surface area (Å²) in [6.45, 7) is -2.01. The smallest absolute Gasteiger partial charge is 0.407 e. The first-order valence-electron chi connectivity index (χ1n) is 25.1. The molecule has 0 aromatic heterocycles. The van der Waals surface area contributed by atoms with E-state index in [4.69, 9.17) is 9.47 Å². The maximum absolute atomic E-state index is 14.1. The fraction of sp³-hybridized carbons (Fsp3) is 0.370. The summed E-state index contributed by atoms with van der Waals surface area (Å²) in [6, 6.07) is 30.6. The molecule has 404 valence electrons. The second-order valence-corrected chi connectivity index (χ2v) is 17.7. The lowest BCUT2D eigenvalue weighted by molar-refractivity contribution is -0.134. The Labute approximate surface area is 440 Å². The zero-order chi connectivity index (χ0) is 54.3. The van der Waals surface area contributed by atoms with Crippen LogP contribution in [0.4, 0.5) is 9.59 Å². The molecule has 0 saturated carbocycles. The molecule has 1 aliphatic rings. The first kappa shape index (κ1) is 58.1. The van der Waals surface area contributed by atoms with Crippen molar-refractivity contribution in [3.05, 3.63) is 144 Å². The van der Waals surface area contributed by atoms with E-state index < -0.39 is 110 Å². The number of amides is 10. The Morgan fingerprint density at radius 1 is 0.382 bits per heavy atom. The first-order valence-corrected chi connectivity index (χ1v) is 25.1. The number of rotatable bonds is 18. The third kappa shape index (κ3) is 22.5. The Balaban J connectivity index is 1.31. The van der Waals surface area contributed by atoms with Gasteiger partial charge in [0.1, 0.15) is 37.4 Å². The highest BCUT2D eigenvalue weighted by Gasteiger charge is 2.30. The van der Waals surface area contributed by atoms with Gasteiger partial charge in [-0.15, -0.1) is 0 Å². The lowest BCUT2D eigenvalue weighted by Crippen LogP contribution is -2.57. The highest BCUT2D eigenvalue weighted by atomic mass is 16.6. The van der Waals surface area contributed by atoms with Gasteiger partial charge in [-0.05, 0) is 60.8 Å². The van der Waals surface area contributed by atoms with E-state index in [1.807, 2.05) is 60.7 Å². The minimum absolute atomic E-state index is 0.00129. The predicted octanol–water partition coefficient (Wildman–Crippen LogP) is 1.08. The van der Waals surface area contributed by atoms with E-state index >= 15 is 0 Å². The zero-order valence-corrected chi connectivity index (χ0v) is 42.1. The SMILES string of the molecule is O=C1CNC(=O)CNC(=O)[C@H](Cc2ccccc2)NC(=O)[C@H](Cc2ccccc2)NC(=O)CNC(=O)[C@H](CCCCNC(=O)OCc2ccccc2)NC(=O)[C@H](CCCCNC(=O)OCc2ccccc2)NC(=O)CN1. The van der Waals surface area contributed by atoms with Crippen LogP contribution < -0.4 is 53.2 Å². The molecular weight excluding hydrogens is 981 g/mol. The number of carbonyl (C=O) groups excluding carboxylic acids is 10. The van der Waals surface area contributed by atoms with E-state index in [0.29, 0.717) is 24.0 Å². The van der Waals surface area contributed by atoms with Crippen LogP contribution in [0.2, 0.25) is 0 Å². The number of ether oxygens (including phenoxy) is 2. The van der Waals surface area contributed by atoms with Crippen LogP contribution in [0.25, 0.3) is 0 Å². The molecule has 0 radical (unpaired) electrons. The fourth-order valence-electron chi connectivity index (χ4n) is 7.63. The van der Waals surface area contributed by atoms with Crippen molar-refractivity contribution in [3.8, 4) is 0 Å². The highest BCUT2D eigenvalue weighted by Crippen LogP contribution is 2.10. The van der Waals surface area contributed by atoms with Crippen LogP contribution in [0.15, 0.2) is 121 Å². The average molecular weight is 1050 g/mol. The van der Waals surface area contributed by atoms with Crippen molar-refractivity contribution in [1.29, 1.82) is 0 Å². The van der Waals surface area contributed by atoms with Gasteiger partial charge in [0.25, 0.3) is 0 Å². The average Bonchev–Trinajstić information content (AvgIpc) is 3.43. The number of hydrogen-bond donors (Lipinski definition) is 10. The van der Waals surface area contributed by atoms with E-state index in [1.54, 1.807) is 60.7 Å². The standard InChI is InChI=1S/C54H66N10O12/c65-45-31-57-46(66)32-59-50(70)43(29-37-17-5-1-6-18-37)64-52(72)44(30-38-19-7-2-8-20-38)62-48(68)34-60-49(69)41(25-13-15-27-55-53(73)75-35-39-21-9-3-10-22-39)63-51(71)42(61-47(67)33-58-45)26-14-16-28-56-54(74)76-36-40-23-11-4-12-24-40/h1-12,17-24,41-44H,13-16,25-36H2,(H,55,73)(H,56,74)(H,57,66)(H,58,65)(H,59,70)(H,60,69)(H,61,67)(H,62,68)(H,63,71)(H,64,72)/t41-,42-,43-,44-/m0/s1. The molecule has 1 heterocycles. The van der Waals surface area contributed by atoms with Crippen molar-refractivity contribution in [3.63, 3.8) is 0 Å². The van der Waals surface area contributed by atoms with E-state index in [0.717, 1.165) is 11.1 Å². The predicted molar refractivity (Wildman–Crippen MR) is 277 cm³/mol. The summed E-state index contributed by atoms with van der Waals surface area (Å²) in [5.41, 5.74) is 2.92. The molecule has 1 saturated heterocycles. The van der Waals surface area contributed by atoms with E-state index in [9.17, 15) is 47.9 Å². The zero-order valence-electron chi connectivity index (χ0n) is 42.1. The van der Waals surface area contributed by atoms with Gasteiger partial charge in [0, 0.05) is 25.9 Å². The number of nitrogens with one attached hydrogen (secondary N) is 10. The number of benzene rings is 4. The van der Waals surface area contributed by atoms with Crippen LogP contribution >= 0.6 is 0 Å². The molecule has 4 aromatic carbocycles. The van der Waals surface area contributed by atoms with Crippen molar-refractivity contribution < 1.29 is 57.4 Å². The normalized spacial score (nSPS) is 18.5. The molecule has 0 bridgehead atoms. The van der Waals surface area contributed by atoms with Gasteiger partial charge in [-0.25, -0.2) is 9.59 Å². The van der Waals surface area contributed by atoms with Crippen molar-refractivity contribution in [2.24, 2.45) is 0 Å². The second kappa shape index (κ2) is 32.4. The summed E-state index contributed by atoms with van der Waals surface area (Å²) >= 11 is 0. The molecule has 4 atom stereocenters. The molecule has 1 aliphatic heterocycles. The number of alkyl carbamates (subject to hydrolysis) is 2. The van der Waals surface area contributed by atoms with E-state index in [1.165, 1.54) is 0 Å². The molecule has 10 N–H and O–H groups in total. The van der Waals surface area contributed by atoms with Gasteiger partial charge in [-0.3, -0.25) is 38.4 Å². The minimum Gasteiger partial charge on any atom is -0.445 e. The molecule has 10 amide bonds. The molecule has 22 heteroatoms. The van der Waals surface area contributed by atoms with E-state index in [-0.39, 0.29) is 64.8 Å². The van der Waals surface area contributed by atoms with Crippen molar-refractivity contribution in [2.75, 3.05) is 39.3 Å². The Morgan fingerprint density at radius 2 is 0.711 bits per heavy atom. The number of hydrogen-bond acceptors (Lipinski definition) is 12. The van der Waals surface area contributed by atoms with Crippen LogP contribution in [0.3, 0.4) is 0 Å². The van der Waals surface area contributed by atoms with Gasteiger partial charge >= 0.3 is 12.2 Å². The van der Waals surface area contributed by atoms with Crippen molar-refractivity contribution in [1.82, 2.24) is 53.2 Å². The maximum Gasteiger partial charge on any atom is 0.407 e. The lowest BCUT2D eigenvalue weighted by Gasteiger charge is -2.25. The molecule has 76 heavy (non-hydrogen) atoms. The molecular formula is C54H66N10O12. The third-order valence-electron chi connectivity index (χ3n) is 11.7. The van der Waals surface area contributed by atoms with Crippen LogP contribution in [0, 0.1) is 0 Å². The third-order valence-corrected chi connectivity index (χ3v) is 11.7. The minimum atomic E-state index is -1.29. The lowest BCUT2D eigenvalue weighted by atomic mass is 10.0. The highest BCUT2D eigenvalue weighted by molar-refractivity contribution is 5.97. The maximum atomic E-state index is 14.1. The molecule has 22 nitrogen and oxygen atoms in total. The van der Waals surface area contributed by atoms with Gasteiger partial charge in [-0.1, -0.05) is 121 Å². The van der Waals surface area contributed by atoms with Crippen LogP contribution in [0.1, 0.15) is 60.8 Å². The van der Waals surface area contributed by atoms with Crippen LogP contribution in [0.5, 0.6) is 0 Å². The summed E-state index contributed by atoms with van der Waals surface area (Å²) in [7, 11) is 0. The van der Waals surface area contributed by atoms with Gasteiger partial charge in [0.2, 0.25) is 47.3 Å². The largest absolute Gasteiger partial charge is 0.445 e. The molecule has 4 aromatic rings. The van der Waals surface area contributed by atoms with Crippen molar-refractivity contribution in [2.45, 2.75) is 88.7 Å². The molecule has 0 spiro atoms. The van der Waals surface area contributed by atoms with Crippen LogP contribution in [-0.2, 0) is 73.9 Å². The monoisotopic (exact) mass is 1050 g/mol. The van der Waals surface area contributed by atoms with Gasteiger partial charge < -0.3 is 62.6 Å². The summed E-state index contributed by atoms with van der Waals surface area (Å²) in [5.74, 6) is -6.15. The molecule has 0 unspecified atom stereocenters. The summed E-state index contributed by atoms with van der Waals surface area (Å²) < 4.78 is 10.5. The van der Waals surface area contributed by atoms with Crippen molar-refractivity contribution >= 4 is 59.4 Å². The number of unbranched alkanes of at least 4 members (excludes halogenated alkanes) is 2. The summed E-state index contributed by atoms with van der Waals surface area (Å²) in [4.78, 5) is 133. The Hall–Kier alpha value is -8.82. The molecule has 1 fully saturated rings. The Bertz CT molecular complexity index is 2540. The fourth-order valence-corrected chi connectivity index (χ4v) is 7.63. The molecule has 5 rings (SSSR count). The molecule has 0 aliphatic carbocycles. The summed E-state index contributed by atoms with van der Waals surface area (Å²) in [6.07, 6.45) is -0.105. The van der Waals surface area contributed by atoms with Gasteiger partial charge in [-0.2, -0.15) is 0 Å². The van der Waals surface area contributed by atoms with Gasteiger partial charge in [0.15, 0.2) is 0 Å². The Morgan fingerprint density at radius 3 is 1.17 bits per heavy atom. The topological polar surface area (TPSA) is 309 Å². The first-order chi connectivity index (χ1) is 36.8. The van der Waals surface area contributed by atoms with Gasteiger partial charge in [0.05, 0.1) is 26.2 Å².